The fraction of sp³-hybridized carbons (Fsp3) is 0.286. The first-order chi connectivity index (χ1) is 13.6. The molecular formula is C21H24N4OS2. The van der Waals surface area contributed by atoms with Crippen LogP contribution in [0.5, 0.6) is 0 Å². The van der Waals surface area contributed by atoms with E-state index < -0.39 is 0 Å². The van der Waals surface area contributed by atoms with E-state index in [1.165, 1.54) is 22.2 Å². The fourth-order valence-electron chi connectivity index (χ4n) is 2.65. The standard InChI is InChI=1S/C21H24N4OS2/c1-16-9-10-17(2)19(13-16)25-15-23-24-21(25)28-14-20(26)22-11-6-12-27-18-7-4-3-5-8-18/h3-5,7-10,13,15H,6,11-12,14H2,1-2H3,(H,22,26). The van der Waals surface area contributed by atoms with Crippen molar-refractivity contribution < 1.29 is 4.79 Å². The number of aryl methyl sites for hydroxylation is 2. The topological polar surface area (TPSA) is 59.8 Å². The molecule has 146 valence electrons. The van der Waals surface area contributed by atoms with E-state index in [1.54, 1.807) is 6.33 Å². The molecule has 0 atom stereocenters. The van der Waals surface area contributed by atoms with Crippen molar-refractivity contribution in [2.24, 2.45) is 0 Å². The minimum Gasteiger partial charge on any atom is -0.355 e. The summed E-state index contributed by atoms with van der Waals surface area (Å²) in [5.41, 5.74) is 3.37. The van der Waals surface area contributed by atoms with Gasteiger partial charge in [-0.3, -0.25) is 9.36 Å². The van der Waals surface area contributed by atoms with Crippen molar-refractivity contribution in [1.82, 2.24) is 20.1 Å². The van der Waals surface area contributed by atoms with Gasteiger partial charge in [-0.15, -0.1) is 22.0 Å². The van der Waals surface area contributed by atoms with Gasteiger partial charge in [0.1, 0.15) is 6.33 Å². The first-order valence-electron chi connectivity index (χ1n) is 9.18. The Hall–Kier alpha value is -2.25. The fourth-order valence-corrected chi connectivity index (χ4v) is 4.28. The van der Waals surface area contributed by atoms with Gasteiger partial charge in [0.2, 0.25) is 5.91 Å². The average molecular weight is 413 g/mol. The highest BCUT2D eigenvalue weighted by molar-refractivity contribution is 7.99. The molecule has 0 saturated carbocycles. The van der Waals surface area contributed by atoms with Crippen LogP contribution in [-0.2, 0) is 4.79 Å². The number of aromatic nitrogens is 3. The Kier molecular flexibility index (Phi) is 7.56. The van der Waals surface area contributed by atoms with Crippen LogP contribution in [0.1, 0.15) is 17.5 Å². The monoisotopic (exact) mass is 412 g/mol. The molecule has 0 saturated heterocycles. The van der Waals surface area contributed by atoms with E-state index in [1.807, 2.05) is 34.5 Å². The smallest absolute Gasteiger partial charge is 0.230 e. The molecule has 7 heteroatoms. The maximum absolute atomic E-state index is 12.1. The van der Waals surface area contributed by atoms with Gasteiger partial charge in [-0.05, 0) is 55.3 Å². The average Bonchev–Trinajstić information content (AvgIpc) is 3.17. The number of nitrogens with zero attached hydrogens (tertiary/aromatic N) is 3. The molecule has 1 heterocycles. The number of carbonyl (C=O) groups excluding carboxylic acids is 1. The van der Waals surface area contributed by atoms with Gasteiger partial charge in [0.05, 0.1) is 11.4 Å². The minimum absolute atomic E-state index is 0.0187. The van der Waals surface area contributed by atoms with E-state index in [2.05, 4.69) is 59.7 Å². The summed E-state index contributed by atoms with van der Waals surface area (Å²) in [6, 6.07) is 16.6. The first kappa shape index (κ1) is 20.5. The quantitative estimate of drug-likeness (QED) is 0.420. The molecule has 0 aliphatic carbocycles. The van der Waals surface area contributed by atoms with Gasteiger partial charge in [0.15, 0.2) is 5.16 Å². The van der Waals surface area contributed by atoms with E-state index in [0.29, 0.717) is 12.3 Å². The molecule has 2 aromatic carbocycles. The number of nitrogens with one attached hydrogen (secondary N) is 1. The zero-order chi connectivity index (χ0) is 19.8. The molecule has 0 aliphatic heterocycles. The summed E-state index contributed by atoms with van der Waals surface area (Å²) < 4.78 is 1.94. The lowest BCUT2D eigenvalue weighted by Gasteiger charge is -2.10. The second-order valence-electron chi connectivity index (χ2n) is 6.43. The predicted octanol–water partition coefficient (Wildman–Crippen LogP) is 4.27. The van der Waals surface area contributed by atoms with Gasteiger partial charge in [-0.25, -0.2) is 0 Å². The van der Waals surface area contributed by atoms with Crippen LogP contribution >= 0.6 is 23.5 Å². The SMILES string of the molecule is Cc1ccc(C)c(-n2cnnc2SCC(=O)NCCCSc2ccccc2)c1. The highest BCUT2D eigenvalue weighted by Gasteiger charge is 2.11. The molecule has 0 fully saturated rings. The summed E-state index contributed by atoms with van der Waals surface area (Å²) in [5, 5.41) is 11.9. The number of hydrogen-bond donors (Lipinski definition) is 1. The van der Waals surface area contributed by atoms with E-state index >= 15 is 0 Å². The summed E-state index contributed by atoms with van der Waals surface area (Å²) in [5.74, 6) is 1.33. The highest BCUT2D eigenvalue weighted by atomic mass is 32.2. The Bertz CT molecular complexity index is 912. The van der Waals surface area contributed by atoms with Crippen molar-refractivity contribution in [1.29, 1.82) is 0 Å². The molecule has 3 aromatic rings. The van der Waals surface area contributed by atoms with Crippen molar-refractivity contribution in [3.05, 3.63) is 66.0 Å². The van der Waals surface area contributed by atoms with Crippen LogP contribution in [-0.4, -0.2) is 38.7 Å². The molecular weight excluding hydrogens is 388 g/mol. The molecule has 0 aliphatic rings. The lowest BCUT2D eigenvalue weighted by atomic mass is 10.1. The molecule has 5 nitrogen and oxygen atoms in total. The largest absolute Gasteiger partial charge is 0.355 e. The van der Waals surface area contributed by atoms with Crippen LogP contribution in [0.3, 0.4) is 0 Å². The first-order valence-corrected chi connectivity index (χ1v) is 11.2. The number of amides is 1. The second-order valence-corrected chi connectivity index (χ2v) is 8.54. The van der Waals surface area contributed by atoms with Gasteiger partial charge >= 0.3 is 0 Å². The molecule has 0 bridgehead atoms. The minimum atomic E-state index is 0.0187. The molecule has 0 spiro atoms. The predicted molar refractivity (Wildman–Crippen MR) is 116 cm³/mol. The van der Waals surface area contributed by atoms with E-state index in [0.717, 1.165) is 28.6 Å². The number of benzene rings is 2. The Morgan fingerprint density at radius 2 is 1.93 bits per heavy atom. The summed E-state index contributed by atoms with van der Waals surface area (Å²) in [7, 11) is 0. The summed E-state index contributed by atoms with van der Waals surface area (Å²) >= 11 is 3.21. The molecule has 1 N–H and O–H groups in total. The number of thioether (sulfide) groups is 2. The third-order valence-corrected chi connectivity index (χ3v) is 6.17. The number of hydrogen-bond acceptors (Lipinski definition) is 5. The van der Waals surface area contributed by atoms with E-state index in [4.69, 9.17) is 0 Å². The van der Waals surface area contributed by atoms with Crippen LogP contribution in [0.2, 0.25) is 0 Å². The molecule has 3 rings (SSSR count). The molecule has 1 amide bonds. The Morgan fingerprint density at radius 3 is 2.75 bits per heavy atom. The zero-order valence-corrected chi connectivity index (χ0v) is 17.7. The van der Waals surface area contributed by atoms with Crippen molar-refractivity contribution in [3.63, 3.8) is 0 Å². The van der Waals surface area contributed by atoms with Crippen LogP contribution in [0.4, 0.5) is 0 Å². The molecule has 1 aromatic heterocycles. The number of carbonyl (C=O) groups is 1. The second kappa shape index (κ2) is 10.3. The summed E-state index contributed by atoms with van der Waals surface area (Å²) in [4.78, 5) is 13.4. The normalized spacial score (nSPS) is 10.8. The van der Waals surface area contributed by atoms with Gasteiger partial charge in [0, 0.05) is 11.4 Å². The van der Waals surface area contributed by atoms with Gasteiger partial charge in [-0.2, -0.15) is 0 Å². The summed E-state index contributed by atoms with van der Waals surface area (Å²) in [6.07, 6.45) is 2.64. The Labute approximate surface area is 174 Å². The Morgan fingerprint density at radius 1 is 1.11 bits per heavy atom. The molecule has 0 unspecified atom stereocenters. The van der Waals surface area contributed by atoms with Crippen LogP contribution in [0, 0.1) is 13.8 Å². The van der Waals surface area contributed by atoms with Crippen LogP contribution in [0.15, 0.2) is 64.9 Å². The third-order valence-electron chi connectivity index (χ3n) is 4.13. The van der Waals surface area contributed by atoms with E-state index in [-0.39, 0.29) is 5.91 Å². The maximum Gasteiger partial charge on any atom is 0.230 e. The summed E-state index contributed by atoms with van der Waals surface area (Å²) in [6.45, 7) is 4.80. The van der Waals surface area contributed by atoms with Crippen molar-refractivity contribution in [3.8, 4) is 5.69 Å². The Balaban J connectivity index is 1.43. The third kappa shape index (κ3) is 5.87. The van der Waals surface area contributed by atoms with E-state index in [9.17, 15) is 4.79 Å². The molecule has 28 heavy (non-hydrogen) atoms. The van der Waals surface area contributed by atoms with Crippen LogP contribution < -0.4 is 5.32 Å². The molecule has 0 radical (unpaired) electrons. The number of rotatable bonds is 9. The van der Waals surface area contributed by atoms with Crippen molar-refractivity contribution >= 4 is 29.4 Å². The van der Waals surface area contributed by atoms with Gasteiger partial charge in [-0.1, -0.05) is 42.1 Å². The van der Waals surface area contributed by atoms with Crippen molar-refractivity contribution in [2.75, 3.05) is 18.1 Å². The van der Waals surface area contributed by atoms with Crippen molar-refractivity contribution in [2.45, 2.75) is 30.3 Å². The maximum atomic E-state index is 12.1. The lowest BCUT2D eigenvalue weighted by Crippen LogP contribution is -2.26. The van der Waals surface area contributed by atoms with Crippen LogP contribution in [0.25, 0.3) is 5.69 Å². The van der Waals surface area contributed by atoms with Gasteiger partial charge < -0.3 is 5.32 Å². The zero-order valence-electron chi connectivity index (χ0n) is 16.1. The lowest BCUT2D eigenvalue weighted by molar-refractivity contribution is -0.118. The van der Waals surface area contributed by atoms with Gasteiger partial charge in [0.25, 0.3) is 0 Å². The highest BCUT2D eigenvalue weighted by Crippen LogP contribution is 2.22.